The summed E-state index contributed by atoms with van der Waals surface area (Å²) in [5.41, 5.74) is 2.93. The van der Waals surface area contributed by atoms with Gasteiger partial charge in [0.25, 0.3) is 0 Å². The van der Waals surface area contributed by atoms with E-state index >= 15 is 0 Å². The molecule has 5 nitrogen and oxygen atoms in total. The number of carbonyl (C=O) groups excluding carboxylic acids is 2. The van der Waals surface area contributed by atoms with E-state index in [9.17, 15) is 9.59 Å². The van der Waals surface area contributed by atoms with E-state index in [1.807, 2.05) is 25.1 Å². The summed E-state index contributed by atoms with van der Waals surface area (Å²) in [7, 11) is 1.64. The van der Waals surface area contributed by atoms with Gasteiger partial charge in [0, 0.05) is 6.42 Å². The molecule has 0 radical (unpaired) electrons. The molecule has 0 aliphatic heterocycles. The summed E-state index contributed by atoms with van der Waals surface area (Å²) in [6.45, 7) is 4.01. The van der Waals surface area contributed by atoms with Crippen LogP contribution in [0.3, 0.4) is 0 Å². The second kappa shape index (κ2) is 8.87. The fourth-order valence-corrected chi connectivity index (χ4v) is 2.55. The van der Waals surface area contributed by atoms with Crippen LogP contribution >= 0.6 is 0 Å². The van der Waals surface area contributed by atoms with Crippen molar-refractivity contribution in [3.8, 4) is 5.75 Å². The Morgan fingerprint density at radius 2 is 1.88 bits per heavy atom. The minimum absolute atomic E-state index is 0.148. The molecule has 0 heterocycles. The number of para-hydroxylation sites is 1. The second-order valence-electron chi connectivity index (χ2n) is 5.62. The summed E-state index contributed by atoms with van der Waals surface area (Å²) in [5, 5.41) is 2.79. The van der Waals surface area contributed by atoms with Gasteiger partial charge in [-0.3, -0.25) is 4.79 Å². The van der Waals surface area contributed by atoms with Crippen molar-refractivity contribution in [1.82, 2.24) is 0 Å². The highest BCUT2D eigenvalue weighted by molar-refractivity contribution is 6.01. The Morgan fingerprint density at radius 1 is 1.12 bits per heavy atom. The molecule has 2 aromatic rings. The highest BCUT2D eigenvalue weighted by atomic mass is 16.5. The van der Waals surface area contributed by atoms with Gasteiger partial charge in [0.1, 0.15) is 5.75 Å². The van der Waals surface area contributed by atoms with Gasteiger partial charge in [0.15, 0.2) is 0 Å². The number of aryl methyl sites for hydroxylation is 2. The van der Waals surface area contributed by atoms with E-state index in [0.717, 1.165) is 16.9 Å². The lowest BCUT2D eigenvalue weighted by Crippen LogP contribution is -2.16. The fraction of sp³-hybridized carbons (Fsp3) is 0.300. The van der Waals surface area contributed by atoms with E-state index in [4.69, 9.17) is 9.47 Å². The minimum Gasteiger partial charge on any atom is -0.496 e. The number of benzene rings is 2. The molecule has 0 bridgehead atoms. The SMILES string of the molecule is CCOC(=O)c1ccccc1NC(=O)CCc1ccc(OC)c(C)c1. The molecule has 0 saturated carbocycles. The molecule has 1 amide bonds. The van der Waals surface area contributed by atoms with Gasteiger partial charge in [0.05, 0.1) is 25.0 Å². The van der Waals surface area contributed by atoms with Gasteiger partial charge in [-0.15, -0.1) is 0 Å². The smallest absolute Gasteiger partial charge is 0.340 e. The van der Waals surface area contributed by atoms with Crippen LogP contribution in [0.5, 0.6) is 5.75 Å². The number of ether oxygens (including phenoxy) is 2. The van der Waals surface area contributed by atoms with Crippen molar-refractivity contribution in [2.75, 3.05) is 19.0 Å². The van der Waals surface area contributed by atoms with Gasteiger partial charge in [-0.2, -0.15) is 0 Å². The van der Waals surface area contributed by atoms with E-state index in [1.54, 1.807) is 38.3 Å². The van der Waals surface area contributed by atoms with Gasteiger partial charge < -0.3 is 14.8 Å². The lowest BCUT2D eigenvalue weighted by Gasteiger charge is -2.11. The summed E-state index contributed by atoms with van der Waals surface area (Å²) in [6.07, 6.45) is 0.932. The van der Waals surface area contributed by atoms with Gasteiger partial charge >= 0.3 is 5.97 Å². The lowest BCUT2D eigenvalue weighted by atomic mass is 10.1. The van der Waals surface area contributed by atoms with E-state index in [1.165, 1.54) is 0 Å². The van der Waals surface area contributed by atoms with Crippen LogP contribution in [-0.4, -0.2) is 25.6 Å². The van der Waals surface area contributed by atoms with Crippen molar-refractivity contribution in [3.05, 3.63) is 59.2 Å². The third-order valence-electron chi connectivity index (χ3n) is 3.80. The largest absolute Gasteiger partial charge is 0.496 e. The van der Waals surface area contributed by atoms with Crippen LogP contribution in [0.15, 0.2) is 42.5 Å². The average Bonchev–Trinajstić information content (AvgIpc) is 2.60. The van der Waals surface area contributed by atoms with Crippen molar-refractivity contribution < 1.29 is 19.1 Å². The number of hydrogen-bond acceptors (Lipinski definition) is 4. The molecule has 0 spiro atoms. The molecule has 1 N–H and O–H groups in total. The molecule has 0 unspecified atom stereocenters. The van der Waals surface area contributed by atoms with Crippen molar-refractivity contribution in [3.63, 3.8) is 0 Å². The molecule has 0 saturated heterocycles. The topological polar surface area (TPSA) is 64.6 Å². The van der Waals surface area contributed by atoms with Crippen molar-refractivity contribution in [1.29, 1.82) is 0 Å². The molecule has 0 aliphatic rings. The maximum absolute atomic E-state index is 12.2. The average molecular weight is 341 g/mol. The summed E-state index contributed by atoms with van der Waals surface area (Å²) < 4.78 is 10.2. The zero-order chi connectivity index (χ0) is 18.2. The number of anilines is 1. The fourth-order valence-electron chi connectivity index (χ4n) is 2.55. The van der Waals surface area contributed by atoms with Gasteiger partial charge in [-0.25, -0.2) is 4.79 Å². The normalized spacial score (nSPS) is 10.2. The molecular formula is C20H23NO4. The first-order valence-corrected chi connectivity index (χ1v) is 8.24. The van der Waals surface area contributed by atoms with Crippen LogP contribution in [0.1, 0.15) is 34.8 Å². The molecule has 2 rings (SSSR count). The third-order valence-corrected chi connectivity index (χ3v) is 3.80. The molecule has 0 atom stereocenters. The highest BCUT2D eigenvalue weighted by Crippen LogP contribution is 2.20. The summed E-state index contributed by atoms with van der Waals surface area (Å²) in [4.78, 5) is 24.2. The van der Waals surface area contributed by atoms with Crippen molar-refractivity contribution in [2.45, 2.75) is 26.7 Å². The number of rotatable bonds is 7. The van der Waals surface area contributed by atoms with Crippen molar-refractivity contribution in [2.24, 2.45) is 0 Å². The summed E-state index contributed by atoms with van der Waals surface area (Å²) >= 11 is 0. The van der Waals surface area contributed by atoms with Crippen LogP contribution in [0.25, 0.3) is 0 Å². The van der Waals surface area contributed by atoms with Crippen LogP contribution in [0.2, 0.25) is 0 Å². The number of carbonyl (C=O) groups is 2. The first kappa shape index (κ1) is 18.5. The monoisotopic (exact) mass is 341 g/mol. The Labute approximate surface area is 148 Å². The minimum atomic E-state index is -0.441. The maximum Gasteiger partial charge on any atom is 0.340 e. The zero-order valence-electron chi connectivity index (χ0n) is 14.8. The molecular weight excluding hydrogens is 318 g/mol. The van der Waals surface area contributed by atoms with Crippen LogP contribution in [0, 0.1) is 6.92 Å². The van der Waals surface area contributed by atoms with Crippen molar-refractivity contribution >= 4 is 17.6 Å². The molecule has 5 heteroatoms. The van der Waals surface area contributed by atoms with Gasteiger partial charge in [-0.1, -0.05) is 24.3 Å². The number of methoxy groups -OCH3 is 1. The standard InChI is InChI=1S/C20H23NO4/c1-4-25-20(23)16-7-5-6-8-17(16)21-19(22)12-10-15-9-11-18(24-3)14(2)13-15/h5-9,11,13H,4,10,12H2,1-3H3,(H,21,22). The first-order valence-electron chi connectivity index (χ1n) is 8.24. The quantitative estimate of drug-likeness (QED) is 0.779. The Balaban J connectivity index is 1.99. The number of esters is 1. The first-order chi connectivity index (χ1) is 12.0. The molecule has 25 heavy (non-hydrogen) atoms. The predicted octanol–water partition coefficient (Wildman–Crippen LogP) is 3.75. The third kappa shape index (κ3) is 5.08. The predicted molar refractivity (Wildman–Crippen MR) is 97.1 cm³/mol. The van der Waals surface area contributed by atoms with Gasteiger partial charge in [0.2, 0.25) is 5.91 Å². The van der Waals surface area contributed by atoms with E-state index in [2.05, 4.69) is 5.32 Å². The summed E-state index contributed by atoms with van der Waals surface area (Å²) in [5.74, 6) is 0.242. The summed E-state index contributed by atoms with van der Waals surface area (Å²) in [6, 6.07) is 12.7. The van der Waals surface area contributed by atoms with Crippen LogP contribution < -0.4 is 10.1 Å². The van der Waals surface area contributed by atoms with Crippen LogP contribution in [-0.2, 0) is 16.0 Å². The highest BCUT2D eigenvalue weighted by Gasteiger charge is 2.14. The molecule has 0 fully saturated rings. The lowest BCUT2D eigenvalue weighted by molar-refractivity contribution is -0.116. The second-order valence-corrected chi connectivity index (χ2v) is 5.62. The number of nitrogens with one attached hydrogen (secondary N) is 1. The number of amides is 1. The van der Waals surface area contributed by atoms with E-state index in [0.29, 0.717) is 24.1 Å². The Hall–Kier alpha value is -2.82. The number of hydrogen-bond donors (Lipinski definition) is 1. The molecule has 0 aliphatic carbocycles. The molecule has 132 valence electrons. The Kier molecular flexibility index (Phi) is 6.57. The maximum atomic E-state index is 12.2. The molecule has 0 aromatic heterocycles. The Morgan fingerprint density at radius 3 is 2.56 bits per heavy atom. The molecule has 2 aromatic carbocycles. The Bertz CT molecular complexity index is 755. The van der Waals surface area contributed by atoms with E-state index in [-0.39, 0.29) is 12.5 Å². The van der Waals surface area contributed by atoms with Crippen LogP contribution in [0.4, 0.5) is 5.69 Å². The van der Waals surface area contributed by atoms with Gasteiger partial charge in [-0.05, 0) is 49.6 Å². The van der Waals surface area contributed by atoms with E-state index < -0.39 is 5.97 Å². The zero-order valence-corrected chi connectivity index (χ0v) is 14.8.